The zero-order chi connectivity index (χ0) is 33.0. The Morgan fingerprint density at radius 1 is 0.420 bits per heavy atom. The number of para-hydroxylation sites is 2. The van der Waals surface area contributed by atoms with Crippen molar-refractivity contribution in [1.82, 2.24) is 14.5 Å². The van der Waals surface area contributed by atoms with Crippen LogP contribution in [0.15, 0.2) is 180 Å². The highest BCUT2D eigenvalue weighted by molar-refractivity contribution is 6.28. The molecule has 10 rings (SSSR count). The first-order chi connectivity index (χ1) is 24.8. The fourth-order valence-corrected chi connectivity index (χ4v) is 7.33. The minimum atomic E-state index is 0.688. The fourth-order valence-electron chi connectivity index (χ4n) is 7.33. The summed E-state index contributed by atoms with van der Waals surface area (Å²) in [5.41, 5.74) is 12.2. The van der Waals surface area contributed by atoms with Crippen LogP contribution in [0.2, 0.25) is 0 Å². The Morgan fingerprint density at radius 2 is 0.980 bits per heavy atom. The molecule has 0 atom stereocenters. The van der Waals surface area contributed by atoms with E-state index in [2.05, 4.69) is 138 Å². The summed E-state index contributed by atoms with van der Waals surface area (Å²) in [5, 5.41) is 4.62. The minimum absolute atomic E-state index is 0.688. The van der Waals surface area contributed by atoms with Crippen molar-refractivity contribution in [3.8, 4) is 50.7 Å². The van der Waals surface area contributed by atoms with Crippen LogP contribution >= 0.6 is 0 Å². The Balaban J connectivity index is 1.22. The lowest BCUT2D eigenvalue weighted by atomic mass is 9.97. The lowest BCUT2D eigenvalue weighted by Crippen LogP contribution is -1.97. The second kappa shape index (κ2) is 11.4. The second-order valence-corrected chi connectivity index (χ2v) is 12.6. The molecule has 4 heteroatoms. The van der Waals surface area contributed by atoms with Crippen LogP contribution in [0.25, 0.3) is 94.5 Å². The number of hydrogen-bond acceptors (Lipinski definition) is 3. The van der Waals surface area contributed by atoms with Gasteiger partial charge in [-0.1, -0.05) is 127 Å². The first-order valence-electron chi connectivity index (χ1n) is 16.8. The maximum absolute atomic E-state index is 6.55. The van der Waals surface area contributed by atoms with Gasteiger partial charge in [0.2, 0.25) is 0 Å². The number of furan rings is 1. The molecule has 3 aromatic heterocycles. The Labute approximate surface area is 288 Å². The van der Waals surface area contributed by atoms with Crippen LogP contribution in [0.4, 0.5) is 0 Å². The van der Waals surface area contributed by atoms with Gasteiger partial charge in [-0.2, -0.15) is 0 Å². The first-order valence-corrected chi connectivity index (χ1v) is 16.8. The SMILES string of the molecule is c1ccc(-c2cc(-c3ccccc3)nc(-c3ccc(-n4c5ccccc5c5c(-c6ccccc6)cc6oc7ccccc7c6c54)cc3)n2)cc1. The molecule has 0 spiro atoms. The normalized spacial score (nSPS) is 11.6. The maximum Gasteiger partial charge on any atom is 0.160 e. The van der Waals surface area contributed by atoms with Crippen molar-refractivity contribution >= 4 is 43.7 Å². The van der Waals surface area contributed by atoms with Gasteiger partial charge in [-0.05, 0) is 59.7 Å². The number of fused-ring (bicyclic) bond motifs is 7. The molecule has 0 saturated heterocycles. The molecule has 0 aliphatic rings. The summed E-state index contributed by atoms with van der Waals surface area (Å²) in [5.74, 6) is 0.688. The van der Waals surface area contributed by atoms with E-state index in [4.69, 9.17) is 14.4 Å². The van der Waals surface area contributed by atoms with E-state index >= 15 is 0 Å². The molecule has 0 unspecified atom stereocenters. The summed E-state index contributed by atoms with van der Waals surface area (Å²) >= 11 is 0. The molecule has 10 aromatic rings. The van der Waals surface area contributed by atoms with Gasteiger partial charge in [0.25, 0.3) is 0 Å². The predicted octanol–water partition coefficient (Wildman–Crippen LogP) is 12.1. The van der Waals surface area contributed by atoms with Gasteiger partial charge < -0.3 is 8.98 Å². The van der Waals surface area contributed by atoms with E-state index in [1.807, 2.05) is 42.5 Å². The number of rotatable bonds is 5. The first kappa shape index (κ1) is 28.3. The highest BCUT2D eigenvalue weighted by Gasteiger charge is 2.23. The average molecular weight is 640 g/mol. The molecule has 4 nitrogen and oxygen atoms in total. The van der Waals surface area contributed by atoms with E-state index in [1.54, 1.807) is 0 Å². The van der Waals surface area contributed by atoms with Crippen molar-refractivity contribution in [3.63, 3.8) is 0 Å². The van der Waals surface area contributed by atoms with E-state index in [-0.39, 0.29) is 0 Å². The van der Waals surface area contributed by atoms with Crippen LogP contribution in [-0.4, -0.2) is 14.5 Å². The smallest absolute Gasteiger partial charge is 0.160 e. The summed E-state index contributed by atoms with van der Waals surface area (Å²) in [6.45, 7) is 0. The van der Waals surface area contributed by atoms with E-state index in [1.165, 1.54) is 10.8 Å². The molecule has 0 aliphatic carbocycles. The van der Waals surface area contributed by atoms with Gasteiger partial charge in [0.05, 0.1) is 27.8 Å². The molecule has 0 radical (unpaired) electrons. The van der Waals surface area contributed by atoms with Gasteiger partial charge in [-0.15, -0.1) is 0 Å². The maximum atomic E-state index is 6.55. The van der Waals surface area contributed by atoms with Gasteiger partial charge in [0.15, 0.2) is 5.82 Å². The summed E-state index contributed by atoms with van der Waals surface area (Å²) < 4.78 is 8.94. The zero-order valence-electron chi connectivity index (χ0n) is 27.0. The second-order valence-electron chi connectivity index (χ2n) is 12.6. The van der Waals surface area contributed by atoms with Crippen LogP contribution in [0, 0.1) is 0 Å². The monoisotopic (exact) mass is 639 g/mol. The molecule has 234 valence electrons. The van der Waals surface area contributed by atoms with Crippen LogP contribution in [0.3, 0.4) is 0 Å². The van der Waals surface area contributed by atoms with Crippen molar-refractivity contribution < 1.29 is 4.42 Å². The number of benzene rings is 7. The molecule has 0 fully saturated rings. The lowest BCUT2D eigenvalue weighted by molar-refractivity contribution is 0.669. The van der Waals surface area contributed by atoms with Gasteiger partial charge in [-0.3, -0.25) is 0 Å². The number of hydrogen-bond donors (Lipinski definition) is 0. The Morgan fingerprint density at radius 3 is 1.64 bits per heavy atom. The van der Waals surface area contributed by atoms with Gasteiger partial charge in [0, 0.05) is 38.5 Å². The molecule has 50 heavy (non-hydrogen) atoms. The summed E-state index contributed by atoms with van der Waals surface area (Å²) in [7, 11) is 0. The molecule has 0 saturated carbocycles. The van der Waals surface area contributed by atoms with Crippen molar-refractivity contribution in [2.75, 3.05) is 0 Å². The van der Waals surface area contributed by atoms with Crippen molar-refractivity contribution in [1.29, 1.82) is 0 Å². The van der Waals surface area contributed by atoms with Crippen LogP contribution < -0.4 is 0 Å². The minimum Gasteiger partial charge on any atom is -0.456 e. The third-order valence-electron chi connectivity index (χ3n) is 9.61. The van der Waals surface area contributed by atoms with Crippen LogP contribution in [-0.2, 0) is 0 Å². The standard InChI is InChI=1S/C46H29N3O/c1-4-14-30(15-5-1)37-28-42-44(36-21-11-13-23-41(36)50-42)45-43(37)35-20-10-12-22-40(35)49(45)34-26-24-33(25-27-34)46-47-38(31-16-6-2-7-17-31)29-39(48-46)32-18-8-3-9-19-32/h1-29H. The van der Waals surface area contributed by atoms with Crippen LogP contribution in [0.5, 0.6) is 0 Å². The summed E-state index contributed by atoms with van der Waals surface area (Å²) in [4.78, 5) is 10.1. The molecule has 0 bridgehead atoms. The predicted molar refractivity (Wildman–Crippen MR) is 205 cm³/mol. The molecular weight excluding hydrogens is 611 g/mol. The van der Waals surface area contributed by atoms with Gasteiger partial charge in [-0.25, -0.2) is 9.97 Å². The van der Waals surface area contributed by atoms with Crippen molar-refractivity contribution in [2.45, 2.75) is 0 Å². The zero-order valence-corrected chi connectivity index (χ0v) is 27.0. The molecule has 0 N–H and O–H groups in total. The number of nitrogens with zero attached hydrogens (tertiary/aromatic N) is 3. The number of aromatic nitrogens is 3. The third kappa shape index (κ3) is 4.54. The fraction of sp³-hybridized carbons (Fsp3) is 0. The largest absolute Gasteiger partial charge is 0.456 e. The van der Waals surface area contributed by atoms with E-state index in [9.17, 15) is 0 Å². The molecule has 7 aromatic carbocycles. The Kier molecular flexibility index (Phi) is 6.46. The van der Waals surface area contributed by atoms with Crippen molar-refractivity contribution in [3.05, 3.63) is 176 Å². The topological polar surface area (TPSA) is 43.9 Å². The van der Waals surface area contributed by atoms with Crippen LogP contribution in [0.1, 0.15) is 0 Å². The Hall–Kier alpha value is -6.78. The quantitative estimate of drug-likeness (QED) is 0.188. The molecule has 0 amide bonds. The highest BCUT2D eigenvalue weighted by Crippen LogP contribution is 2.45. The molecular formula is C46H29N3O. The summed E-state index contributed by atoms with van der Waals surface area (Å²) in [6, 6.07) is 61.2. The van der Waals surface area contributed by atoms with E-state index < -0.39 is 0 Å². The van der Waals surface area contributed by atoms with Gasteiger partial charge in [0.1, 0.15) is 11.2 Å². The highest BCUT2D eigenvalue weighted by atomic mass is 16.3. The summed E-state index contributed by atoms with van der Waals surface area (Å²) in [6.07, 6.45) is 0. The molecule has 0 aliphatic heterocycles. The van der Waals surface area contributed by atoms with E-state index in [0.717, 1.165) is 77.9 Å². The average Bonchev–Trinajstić information content (AvgIpc) is 3.74. The lowest BCUT2D eigenvalue weighted by Gasteiger charge is -2.12. The van der Waals surface area contributed by atoms with Gasteiger partial charge >= 0.3 is 0 Å². The third-order valence-corrected chi connectivity index (χ3v) is 9.61. The Bertz CT molecular complexity index is 2780. The molecule has 3 heterocycles. The van der Waals surface area contributed by atoms with E-state index in [0.29, 0.717) is 5.82 Å². The van der Waals surface area contributed by atoms with Crippen molar-refractivity contribution in [2.24, 2.45) is 0 Å².